The van der Waals surface area contributed by atoms with Gasteiger partial charge in [0.2, 0.25) is 0 Å². The molecule has 3 nitrogen and oxygen atoms in total. The van der Waals surface area contributed by atoms with Crippen LogP contribution in [0.2, 0.25) is 0 Å². The molecule has 0 aliphatic carbocycles. The fourth-order valence-electron chi connectivity index (χ4n) is 2.80. The Balaban J connectivity index is 2.01. The van der Waals surface area contributed by atoms with Crippen LogP contribution in [0.3, 0.4) is 0 Å². The Bertz CT molecular complexity index is 187. The summed E-state index contributed by atoms with van der Waals surface area (Å²) in [7, 11) is 0. The first kappa shape index (κ1) is 15.9. The van der Waals surface area contributed by atoms with Gasteiger partial charge in [-0.15, -0.1) is 0 Å². The zero-order valence-electron chi connectivity index (χ0n) is 12.4. The quantitative estimate of drug-likeness (QED) is 0.642. The molecule has 1 atom stereocenters. The minimum Gasteiger partial charge on any atom is -0.380 e. The molecule has 18 heavy (non-hydrogen) atoms. The summed E-state index contributed by atoms with van der Waals surface area (Å²) >= 11 is 0. The lowest BCUT2D eigenvalue weighted by Gasteiger charge is -2.20. The Hall–Kier alpha value is -0.120. The second-order valence-electron chi connectivity index (χ2n) is 5.37. The van der Waals surface area contributed by atoms with E-state index < -0.39 is 0 Å². The summed E-state index contributed by atoms with van der Waals surface area (Å²) in [5, 5.41) is 3.46. The van der Waals surface area contributed by atoms with Crippen molar-refractivity contribution in [2.75, 3.05) is 45.9 Å². The summed E-state index contributed by atoms with van der Waals surface area (Å²) in [6.45, 7) is 11.9. The lowest BCUT2D eigenvalue weighted by molar-refractivity contribution is 0.148. The molecular formula is C15H32N2O. The minimum atomic E-state index is 0.826. The van der Waals surface area contributed by atoms with Crippen LogP contribution in [0, 0.1) is 5.92 Å². The first-order valence-corrected chi connectivity index (χ1v) is 7.87. The average molecular weight is 256 g/mol. The van der Waals surface area contributed by atoms with Gasteiger partial charge in [-0.05, 0) is 45.2 Å². The molecule has 0 bridgehead atoms. The standard InChI is InChI=1S/C15H32N2O/c1-3-6-15-7-5-11-17(12-8-15)13-9-16-10-14-18-4-2/h15-16H,3-14H2,1-2H3. The Morgan fingerprint density at radius 1 is 1.17 bits per heavy atom. The number of likely N-dealkylation sites (tertiary alicyclic amines) is 1. The largest absolute Gasteiger partial charge is 0.380 e. The van der Waals surface area contributed by atoms with E-state index in [0.29, 0.717) is 0 Å². The summed E-state index contributed by atoms with van der Waals surface area (Å²) < 4.78 is 5.31. The molecule has 1 aliphatic rings. The predicted octanol–water partition coefficient (Wildman–Crippen LogP) is 2.51. The molecule has 3 heteroatoms. The third-order valence-electron chi connectivity index (χ3n) is 3.87. The molecule has 0 amide bonds. The highest BCUT2D eigenvalue weighted by Crippen LogP contribution is 2.21. The molecule has 0 radical (unpaired) electrons. The summed E-state index contributed by atoms with van der Waals surface area (Å²) in [6.07, 6.45) is 7.03. The fraction of sp³-hybridized carbons (Fsp3) is 1.00. The monoisotopic (exact) mass is 256 g/mol. The fourth-order valence-corrected chi connectivity index (χ4v) is 2.80. The van der Waals surface area contributed by atoms with Crippen molar-refractivity contribution in [3.05, 3.63) is 0 Å². The van der Waals surface area contributed by atoms with Crippen LogP contribution in [0.5, 0.6) is 0 Å². The van der Waals surface area contributed by atoms with Gasteiger partial charge in [-0.1, -0.05) is 19.8 Å². The van der Waals surface area contributed by atoms with E-state index in [1.54, 1.807) is 0 Å². The molecule has 1 rings (SSSR count). The maximum Gasteiger partial charge on any atom is 0.0590 e. The number of rotatable bonds is 9. The van der Waals surface area contributed by atoms with E-state index in [2.05, 4.69) is 17.1 Å². The van der Waals surface area contributed by atoms with Crippen LogP contribution in [0.4, 0.5) is 0 Å². The van der Waals surface area contributed by atoms with Crippen molar-refractivity contribution in [2.24, 2.45) is 5.92 Å². The first-order valence-electron chi connectivity index (χ1n) is 7.87. The van der Waals surface area contributed by atoms with Gasteiger partial charge in [-0.3, -0.25) is 0 Å². The van der Waals surface area contributed by atoms with Crippen molar-refractivity contribution >= 4 is 0 Å². The highest BCUT2D eigenvalue weighted by atomic mass is 16.5. The molecule has 0 aromatic heterocycles. The zero-order valence-corrected chi connectivity index (χ0v) is 12.4. The van der Waals surface area contributed by atoms with Gasteiger partial charge in [0, 0.05) is 26.2 Å². The van der Waals surface area contributed by atoms with Crippen LogP contribution in [0.1, 0.15) is 46.0 Å². The molecular weight excluding hydrogens is 224 g/mol. The lowest BCUT2D eigenvalue weighted by Crippen LogP contribution is -2.34. The molecule has 1 heterocycles. The number of ether oxygens (including phenoxy) is 1. The van der Waals surface area contributed by atoms with Crippen molar-refractivity contribution in [2.45, 2.75) is 46.0 Å². The SMILES string of the molecule is CCCC1CCCN(CCNCCOCC)CC1. The Kier molecular flexibility index (Phi) is 9.54. The van der Waals surface area contributed by atoms with Gasteiger partial charge in [0.1, 0.15) is 0 Å². The van der Waals surface area contributed by atoms with Crippen molar-refractivity contribution in [3.8, 4) is 0 Å². The average Bonchev–Trinajstić information content (AvgIpc) is 2.60. The maximum absolute atomic E-state index is 5.31. The zero-order chi connectivity index (χ0) is 13.1. The molecule has 0 aromatic carbocycles. The second-order valence-corrected chi connectivity index (χ2v) is 5.37. The Morgan fingerprint density at radius 2 is 2.06 bits per heavy atom. The highest BCUT2D eigenvalue weighted by Gasteiger charge is 2.15. The molecule has 1 saturated heterocycles. The van der Waals surface area contributed by atoms with Gasteiger partial charge < -0.3 is 15.0 Å². The predicted molar refractivity (Wildman–Crippen MR) is 78.1 cm³/mol. The van der Waals surface area contributed by atoms with Crippen molar-refractivity contribution < 1.29 is 4.74 Å². The molecule has 108 valence electrons. The van der Waals surface area contributed by atoms with Gasteiger partial charge >= 0.3 is 0 Å². The van der Waals surface area contributed by atoms with E-state index in [1.807, 2.05) is 6.92 Å². The van der Waals surface area contributed by atoms with E-state index in [9.17, 15) is 0 Å². The Morgan fingerprint density at radius 3 is 2.83 bits per heavy atom. The number of hydrogen-bond donors (Lipinski definition) is 1. The van der Waals surface area contributed by atoms with E-state index in [-0.39, 0.29) is 0 Å². The summed E-state index contributed by atoms with van der Waals surface area (Å²) in [4.78, 5) is 2.63. The summed E-state index contributed by atoms with van der Waals surface area (Å²) in [6, 6.07) is 0. The normalized spacial score (nSPS) is 22.0. The molecule has 1 N–H and O–H groups in total. The van der Waals surface area contributed by atoms with E-state index in [4.69, 9.17) is 4.74 Å². The van der Waals surface area contributed by atoms with Crippen LogP contribution < -0.4 is 5.32 Å². The molecule has 1 fully saturated rings. The molecule has 1 unspecified atom stereocenters. The highest BCUT2D eigenvalue weighted by molar-refractivity contribution is 4.70. The van der Waals surface area contributed by atoms with Crippen molar-refractivity contribution in [3.63, 3.8) is 0 Å². The third-order valence-corrected chi connectivity index (χ3v) is 3.87. The van der Waals surface area contributed by atoms with E-state index >= 15 is 0 Å². The van der Waals surface area contributed by atoms with Crippen LogP contribution in [-0.2, 0) is 4.74 Å². The Labute approximate surface area is 113 Å². The lowest BCUT2D eigenvalue weighted by atomic mass is 9.96. The molecule has 0 spiro atoms. The van der Waals surface area contributed by atoms with Gasteiger partial charge in [-0.2, -0.15) is 0 Å². The minimum absolute atomic E-state index is 0.826. The molecule has 0 saturated carbocycles. The third kappa shape index (κ3) is 7.34. The van der Waals surface area contributed by atoms with Gasteiger partial charge in [-0.25, -0.2) is 0 Å². The summed E-state index contributed by atoms with van der Waals surface area (Å²) in [5.41, 5.74) is 0. The van der Waals surface area contributed by atoms with Crippen LogP contribution in [-0.4, -0.2) is 50.8 Å². The topological polar surface area (TPSA) is 24.5 Å². The van der Waals surface area contributed by atoms with Crippen LogP contribution >= 0.6 is 0 Å². The number of nitrogens with one attached hydrogen (secondary N) is 1. The maximum atomic E-state index is 5.31. The van der Waals surface area contributed by atoms with Gasteiger partial charge in [0.15, 0.2) is 0 Å². The van der Waals surface area contributed by atoms with Crippen LogP contribution in [0.15, 0.2) is 0 Å². The first-order chi connectivity index (χ1) is 8.86. The van der Waals surface area contributed by atoms with Crippen molar-refractivity contribution in [1.29, 1.82) is 0 Å². The number of hydrogen-bond acceptors (Lipinski definition) is 3. The second kappa shape index (κ2) is 10.8. The van der Waals surface area contributed by atoms with Gasteiger partial charge in [0.25, 0.3) is 0 Å². The van der Waals surface area contributed by atoms with E-state index in [1.165, 1.54) is 51.7 Å². The number of nitrogens with zero attached hydrogens (tertiary/aromatic N) is 1. The van der Waals surface area contributed by atoms with Crippen molar-refractivity contribution in [1.82, 2.24) is 10.2 Å². The van der Waals surface area contributed by atoms with Gasteiger partial charge in [0.05, 0.1) is 6.61 Å². The smallest absolute Gasteiger partial charge is 0.0590 e. The molecule has 1 aliphatic heterocycles. The molecule has 0 aromatic rings. The van der Waals surface area contributed by atoms with E-state index in [0.717, 1.165) is 32.2 Å². The van der Waals surface area contributed by atoms with Crippen LogP contribution in [0.25, 0.3) is 0 Å². The summed E-state index contributed by atoms with van der Waals surface area (Å²) in [5.74, 6) is 0.992.